The number of hydrogen-bond donors (Lipinski definition) is 4. The van der Waals surface area contributed by atoms with E-state index in [1.54, 1.807) is 7.11 Å². The van der Waals surface area contributed by atoms with Crippen molar-refractivity contribution < 1.29 is 9.53 Å². The molecule has 0 atom stereocenters. The molecule has 126 valence electrons. The van der Waals surface area contributed by atoms with Crippen LogP contribution in [-0.2, 0) is 16.0 Å². The highest BCUT2D eigenvalue weighted by atomic mass is 16.5. The summed E-state index contributed by atoms with van der Waals surface area (Å²) in [4.78, 5) is 28.4. The summed E-state index contributed by atoms with van der Waals surface area (Å²) in [5.74, 6) is 0.0645. The number of carbonyl (C=O) groups is 1. The third kappa shape index (κ3) is 5.88. The van der Waals surface area contributed by atoms with Crippen LogP contribution in [0.4, 0.5) is 0 Å². The molecule has 0 spiro atoms. The van der Waals surface area contributed by atoms with Crippen molar-refractivity contribution in [3.63, 3.8) is 0 Å². The average Bonchev–Trinajstić information content (AvgIpc) is 2.90. The van der Waals surface area contributed by atoms with Crippen LogP contribution in [0.15, 0.2) is 23.0 Å². The highest BCUT2D eigenvalue weighted by Crippen LogP contribution is 2.12. The van der Waals surface area contributed by atoms with Gasteiger partial charge in [0.25, 0.3) is 0 Å². The zero-order valence-corrected chi connectivity index (χ0v) is 13.4. The number of ether oxygens (including phenoxy) is 1. The van der Waals surface area contributed by atoms with Gasteiger partial charge in [0, 0.05) is 33.2 Å². The first-order chi connectivity index (χ1) is 11.2. The van der Waals surface area contributed by atoms with E-state index in [-0.39, 0.29) is 11.6 Å². The number of H-pyrrole nitrogens is 2. The molecule has 0 aliphatic heterocycles. The number of carbonyl (C=O) groups excluding carboxylic acids is 1. The van der Waals surface area contributed by atoms with E-state index in [0.717, 1.165) is 42.5 Å². The largest absolute Gasteiger partial charge is 0.383 e. The number of aromatic amines is 2. The van der Waals surface area contributed by atoms with Crippen molar-refractivity contribution in [3.05, 3.63) is 34.2 Å². The van der Waals surface area contributed by atoms with Crippen LogP contribution in [0.1, 0.15) is 18.4 Å². The number of rotatable bonds is 10. The third-order valence-electron chi connectivity index (χ3n) is 3.56. The Morgan fingerprint density at radius 1 is 1.17 bits per heavy atom. The van der Waals surface area contributed by atoms with Gasteiger partial charge in [-0.25, -0.2) is 4.79 Å². The van der Waals surface area contributed by atoms with Gasteiger partial charge in [-0.1, -0.05) is 6.07 Å². The third-order valence-corrected chi connectivity index (χ3v) is 3.56. The lowest BCUT2D eigenvalue weighted by atomic mass is 10.1. The van der Waals surface area contributed by atoms with E-state index in [9.17, 15) is 9.59 Å². The Hall–Kier alpha value is -2.12. The summed E-state index contributed by atoms with van der Waals surface area (Å²) in [6.07, 6.45) is 2.09. The van der Waals surface area contributed by atoms with Gasteiger partial charge in [-0.15, -0.1) is 0 Å². The molecule has 0 fully saturated rings. The summed E-state index contributed by atoms with van der Waals surface area (Å²) in [5.41, 5.74) is 2.52. The second kappa shape index (κ2) is 9.12. The zero-order chi connectivity index (χ0) is 16.5. The van der Waals surface area contributed by atoms with E-state index in [1.165, 1.54) is 0 Å². The van der Waals surface area contributed by atoms with Crippen LogP contribution in [0.25, 0.3) is 11.0 Å². The van der Waals surface area contributed by atoms with Gasteiger partial charge < -0.3 is 25.3 Å². The lowest BCUT2D eigenvalue weighted by molar-refractivity contribution is -0.121. The summed E-state index contributed by atoms with van der Waals surface area (Å²) in [6.45, 7) is 2.83. The summed E-state index contributed by atoms with van der Waals surface area (Å²) in [5, 5.41) is 6.05. The normalized spacial score (nSPS) is 11.0. The van der Waals surface area contributed by atoms with Crippen LogP contribution in [-0.4, -0.2) is 49.2 Å². The van der Waals surface area contributed by atoms with E-state index in [1.807, 2.05) is 18.2 Å². The predicted molar refractivity (Wildman–Crippen MR) is 89.6 cm³/mol. The van der Waals surface area contributed by atoms with Crippen molar-refractivity contribution >= 4 is 16.9 Å². The van der Waals surface area contributed by atoms with Gasteiger partial charge >= 0.3 is 5.69 Å². The maximum atomic E-state index is 11.7. The van der Waals surface area contributed by atoms with Crippen molar-refractivity contribution in [2.75, 3.05) is 33.4 Å². The molecule has 7 heteroatoms. The molecular formula is C16H24N4O3. The molecule has 0 saturated heterocycles. The molecule has 0 unspecified atom stereocenters. The molecule has 1 aromatic carbocycles. The first-order valence-electron chi connectivity index (χ1n) is 7.86. The topological polar surface area (TPSA) is 99.0 Å². The number of aromatic nitrogens is 2. The number of benzene rings is 1. The van der Waals surface area contributed by atoms with Gasteiger partial charge in [-0.2, -0.15) is 0 Å². The Morgan fingerprint density at radius 2 is 2.00 bits per heavy atom. The number of imidazole rings is 1. The zero-order valence-electron chi connectivity index (χ0n) is 13.4. The summed E-state index contributed by atoms with van der Waals surface area (Å²) in [7, 11) is 1.66. The van der Waals surface area contributed by atoms with Gasteiger partial charge in [-0.3, -0.25) is 4.79 Å². The lowest BCUT2D eigenvalue weighted by Gasteiger charge is -2.06. The van der Waals surface area contributed by atoms with Crippen molar-refractivity contribution in [1.82, 2.24) is 20.6 Å². The Balaban J connectivity index is 1.63. The van der Waals surface area contributed by atoms with E-state index in [4.69, 9.17) is 4.74 Å². The maximum Gasteiger partial charge on any atom is 0.323 e. The smallest absolute Gasteiger partial charge is 0.323 e. The van der Waals surface area contributed by atoms with Crippen LogP contribution >= 0.6 is 0 Å². The van der Waals surface area contributed by atoms with Gasteiger partial charge in [0.1, 0.15) is 0 Å². The molecule has 1 aromatic heterocycles. The van der Waals surface area contributed by atoms with E-state index >= 15 is 0 Å². The minimum Gasteiger partial charge on any atom is -0.383 e. The van der Waals surface area contributed by atoms with Crippen molar-refractivity contribution in [2.45, 2.75) is 19.3 Å². The van der Waals surface area contributed by atoms with Crippen LogP contribution in [0.3, 0.4) is 0 Å². The molecular weight excluding hydrogens is 296 g/mol. The molecule has 0 saturated carbocycles. The average molecular weight is 320 g/mol. The van der Waals surface area contributed by atoms with Crippen LogP contribution in [0.5, 0.6) is 0 Å². The molecule has 1 amide bonds. The Kier molecular flexibility index (Phi) is 6.83. The van der Waals surface area contributed by atoms with Gasteiger partial charge in [0.15, 0.2) is 0 Å². The minimum atomic E-state index is -0.198. The number of fused-ring (bicyclic) bond motifs is 1. The Labute approximate surface area is 134 Å². The number of aryl methyl sites for hydroxylation is 1. The molecule has 2 aromatic rings. The fraction of sp³-hybridized carbons (Fsp3) is 0.500. The number of hydrogen-bond acceptors (Lipinski definition) is 4. The van der Waals surface area contributed by atoms with Crippen LogP contribution in [0.2, 0.25) is 0 Å². The molecule has 0 aliphatic rings. The number of nitrogens with one attached hydrogen (secondary N) is 4. The fourth-order valence-electron chi connectivity index (χ4n) is 2.37. The first-order valence-corrected chi connectivity index (χ1v) is 7.86. The SMILES string of the molecule is COCCNCCNC(=O)CCCc1ccc2[nH]c(=O)[nH]c2c1. The molecule has 23 heavy (non-hydrogen) atoms. The molecule has 0 radical (unpaired) electrons. The van der Waals surface area contributed by atoms with E-state index < -0.39 is 0 Å². The Bertz CT molecular complexity index is 677. The summed E-state index contributed by atoms with van der Waals surface area (Å²) < 4.78 is 4.92. The highest BCUT2D eigenvalue weighted by molar-refractivity contribution is 5.76. The van der Waals surface area contributed by atoms with Crippen molar-refractivity contribution in [2.24, 2.45) is 0 Å². The molecule has 1 heterocycles. The molecule has 7 nitrogen and oxygen atoms in total. The second-order valence-corrected chi connectivity index (χ2v) is 5.41. The van der Waals surface area contributed by atoms with Gasteiger partial charge in [0.05, 0.1) is 17.6 Å². The standard InChI is InChI=1S/C16H24N4O3/c1-23-10-9-17-7-8-18-15(21)4-2-3-12-5-6-13-14(11-12)20-16(22)19-13/h5-6,11,17H,2-4,7-10H2,1H3,(H,18,21)(H2,19,20,22). The lowest BCUT2D eigenvalue weighted by Crippen LogP contribution is -2.32. The number of amides is 1. The highest BCUT2D eigenvalue weighted by Gasteiger charge is 2.03. The van der Waals surface area contributed by atoms with Crippen molar-refractivity contribution in [1.29, 1.82) is 0 Å². The molecule has 0 bridgehead atoms. The maximum absolute atomic E-state index is 11.7. The predicted octanol–water partition coefficient (Wildman–Crippen LogP) is 0.531. The van der Waals surface area contributed by atoms with Gasteiger partial charge in [0.2, 0.25) is 5.91 Å². The molecule has 0 aliphatic carbocycles. The quantitative estimate of drug-likeness (QED) is 0.480. The van der Waals surface area contributed by atoms with Crippen LogP contribution < -0.4 is 16.3 Å². The fourth-order valence-corrected chi connectivity index (χ4v) is 2.37. The second-order valence-electron chi connectivity index (χ2n) is 5.41. The number of methoxy groups -OCH3 is 1. The monoisotopic (exact) mass is 320 g/mol. The molecule has 4 N–H and O–H groups in total. The Morgan fingerprint density at radius 3 is 2.83 bits per heavy atom. The van der Waals surface area contributed by atoms with E-state index in [0.29, 0.717) is 19.6 Å². The summed E-state index contributed by atoms with van der Waals surface area (Å²) >= 11 is 0. The van der Waals surface area contributed by atoms with Crippen molar-refractivity contribution in [3.8, 4) is 0 Å². The summed E-state index contributed by atoms with van der Waals surface area (Å²) in [6, 6.07) is 5.81. The van der Waals surface area contributed by atoms with Crippen LogP contribution in [0, 0.1) is 0 Å². The minimum absolute atomic E-state index is 0.0645. The van der Waals surface area contributed by atoms with E-state index in [2.05, 4.69) is 20.6 Å². The first kappa shape index (κ1) is 17.2. The van der Waals surface area contributed by atoms with Gasteiger partial charge in [-0.05, 0) is 30.5 Å². The molecule has 2 rings (SSSR count).